The molecule has 0 saturated carbocycles. The van der Waals surface area contributed by atoms with Gasteiger partial charge in [0.25, 0.3) is 0 Å². The van der Waals surface area contributed by atoms with E-state index >= 15 is 0 Å². The van der Waals surface area contributed by atoms with Crippen molar-refractivity contribution in [3.8, 4) is 11.5 Å². The Kier molecular flexibility index (Phi) is 5.20. The lowest BCUT2D eigenvalue weighted by Crippen LogP contribution is -2.38. The smallest absolute Gasteiger partial charge is 0.239 e. The van der Waals surface area contributed by atoms with Gasteiger partial charge >= 0.3 is 0 Å². The highest BCUT2D eigenvalue weighted by atomic mass is 32.2. The number of amides is 2. The van der Waals surface area contributed by atoms with E-state index in [-0.39, 0.29) is 18.4 Å². The molecular weight excluding hydrogens is 326 g/mol. The SMILES string of the molecule is Cc1ccc(-c2nc(CCNC(=O)CN3CSCC3=O)co2)cc1. The molecule has 2 heterocycles. The second kappa shape index (κ2) is 7.53. The average Bonchev–Trinajstić information content (AvgIpc) is 3.18. The molecule has 0 radical (unpaired) electrons. The van der Waals surface area contributed by atoms with Crippen molar-refractivity contribution in [2.24, 2.45) is 0 Å². The van der Waals surface area contributed by atoms with Gasteiger partial charge in [0.05, 0.1) is 17.3 Å². The van der Waals surface area contributed by atoms with Crippen LogP contribution >= 0.6 is 11.8 Å². The summed E-state index contributed by atoms with van der Waals surface area (Å²) in [5.41, 5.74) is 2.91. The summed E-state index contributed by atoms with van der Waals surface area (Å²) in [4.78, 5) is 29.3. The highest BCUT2D eigenvalue weighted by molar-refractivity contribution is 8.00. The monoisotopic (exact) mass is 345 g/mol. The zero-order valence-corrected chi connectivity index (χ0v) is 14.3. The number of carbonyl (C=O) groups is 2. The molecule has 1 aliphatic heterocycles. The number of aryl methyl sites for hydroxylation is 1. The first-order chi connectivity index (χ1) is 11.6. The molecule has 1 N–H and O–H groups in total. The molecule has 2 aromatic rings. The van der Waals surface area contributed by atoms with Crippen LogP contribution in [0.25, 0.3) is 11.5 Å². The van der Waals surface area contributed by atoms with Gasteiger partial charge in [0.2, 0.25) is 17.7 Å². The van der Waals surface area contributed by atoms with Crippen molar-refractivity contribution in [2.75, 3.05) is 24.7 Å². The van der Waals surface area contributed by atoms with Crippen molar-refractivity contribution in [1.82, 2.24) is 15.2 Å². The molecule has 1 aromatic heterocycles. The summed E-state index contributed by atoms with van der Waals surface area (Å²) < 4.78 is 5.49. The predicted octanol–water partition coefficient (Wildman–Crippen LogP) is 1.84. The number of thioether (sulfide) groups is 1. The Bertz CT molecular complexity index is 727. The van der Waals surface area contributed by atoms with E-state index in [9.17, 15) is 9.59 Å². The van der Waals surface area contributed by atoms with Gasteiger partial charge in [-0.05, 0) is 19.1 Å². The van der Waals surface area contributed by atoms with Crippen LogP contribution in [0.3, 0.4) is 0 Å². The van der Waals surface area contributed by atoms with E-state index in [4.69, 9.17) is 4.42 Å². The Morgan fingerprint density at radius 1 is 1.38 bits per heavy atom. The zero-order chi connectivity index (χ0) is 16.9. The number of oxazole rings is 1. The van der Waals surface area contributed by atoms with Crippen molar-refractivity contribution in [1.29, 1.82) is 0 Å². The normalized spacial score (nSPS) is 14.2. The summed E-state index contributed by atoms with van der Waals surface area (Å²) in [6.45, 7) is 2.62. The zero-order valence-electron chi connectivity index (χ0n) is 13.4. The lowest BCUT2D eigenvalue weighted by Gasteiger charge is -2.13. The fraction of sp³-hybridized carbons (Fsp3) is 0.353. The van der Waals surface area contributed by atoms with E-state index in [2.05, 4.69) is 10.3 Å². The summed E-state index contributed by atoms with van der Waals surface area (Å²) >= 11 is 1.53. The van der Waals surface area contributed by atoms with Crippen LogP contribution in [0, 0.1) is 6.92 Å². The quantitative estimate of drug-likeness (QED) is 0.865. The van der Waals surface area contributed by atoms with Gasteiger partial charge in [0.15, 0.2) is 0 Å². The topological polar surface area (TPSA) is 75.4 Å². The van der Waals surface area contributed by atoms with E-state index in [1.807, 2.05) is 31.2 Å². The lowest BCUT2D eigenvalue weighted by atomic mass is 10.1. The number of rotatable bonds is 6. The first-order valence-electron chi connectivity index (χ1n) is 7.75. The summed E-state index contributed by atoms with van der Waals surface area (Å²) in [5, 5.41) is 2.81. The molecule has 0 aliphatic carbocycles. The van der Waals surface area contributed by atoms with Crippen molar-refractivity contribution < 1.29 is 14.0 Å². The van der Waals surface area contributed by atoms with Crippen molar-refractivity contribution in [3.05, 3.63) is 41.8 Å². The second-order valence-electron chi connectivity index (χ2n) is 5.68. The van der Waals surface area contributed by atoms with Gasteiger partial charge in [0.1, 0.15) is 12.8 Å². The van der Waals surface area contributed by atoms with Gasteiger partial charge in [-0.3, -0.25) is 9.59 Å². The highest BCUT2D eigenvalue weighted by Gasteiger charge is 2.22. The van der Waals surface area contributed by atoms with Gasteiger partial charge in [-0.1, -0.05) is 17.7 Å². The van der Waals surface area contributed by atoms with Crippen LogP contribution in [-0.4, -0.2) is 46.4 Å². The van der Waals surface area contributed by atoms with Gasteiger partial charge < -0.3 is 14.6 Å². The number of nitrogens with zero attached hydrogens (tertiary/aromatic N) is 2. The minimum Gasteiger partial charge on any atom is -0.444 e. The first kappa shape index (κ1) is 16.6. The molecule has 6 nitrogen and oxygen atoms in total. The number of benzene rings is 1. The molecule has 0 bridgehead atoms. The molecule has 126 valence electrons. The minimum atomic E-state index is -0.145. The Morgan fingerprint density at radius 3 is 2.88 bits per heavy atom. The summed E-state index contributed by atoms with van der Waals surface area (Å²) in [5.74, 6) is 1.52. The largest absolute Gasteiger partial charge is 0.444 e. The molecular formula is C17H19N3O3S. The minimum absolute atomic E-state index is 0.0226. The maximum atomic E-state index is 11.8. The molecule has 3 rings (SSSR count). The Morgan fingerprint density at radius 2 is 2.17 bits per heavy atom. The number of hydrogen-bond donors (Lipinski definition) is 1. The third kappa shape index (κ3) is 4.17. The first-order valence-corrected chi connectivity index (χ1v) is 8.91. The van der Waals surface area contributed by atoms with Crippen molar-refractivity contribution in [3.63, 3.8) is 0 Å². The van der Waals surface area contributed by atoms with Gasteiger partial charge in [-0.15, -0.1) is 11.8 Å². The van der Waals surface area contributed by atoms with Crippen LogP contribution in [0.2, 0.25) is 0 Å². The van der Waals surface area contributed by atoms with E-state index in [1.165, 1.54) is 17.3 Å². The molecule has 1 fully saturated rings. The average molecular weight is 345 g/mol. The summed E-state index contributed by atoms with van der Waals surface area (Å²) in [6, 6.07) is 7.96. The molecule has 0 unspecified atom stereocenters. The number of nitrogens with one attached hydrogen (secondary N) is 1. The van der Waals surface area contributed by atoms with Gasteiger partial charge in [0, 0.05) is 18.5 Å². The van der Waals surface area contributed by atoms with Gasteiger partial charge in [-0.25, -0.2) is 4.98 Å². The Balaban J connectivity index is 1.46. The second-order valence-corrected chi connectivity index (χ2v) is 6.63. The summed E-state index contributed by atoms with van der Waals surface area (Å²) in [7, 11) is 0. The molecule has 1 aromatic carbocycles. The molecule has 1 saturated heterocycles. The molecule has 0 atom stereocenters. The highest BCUT2D eigenvalue weighted by Crippen LogP contribution is 2.19. The van der Waals surface area contributed by atoms with E-state index in [0.29, 0.717) is 30.5 Å². The summed E-state index contributed by atoms with van der Waals surface area (Å²) in [6.07, 6.45) is 2.20. The number of aromatic nitrogens is 1. The van der Waals surface area contributed by atoms with Crippen LogP contribution in [0.1, 0.15) is 11.3 Å². The molecule has 7 heteroatoms. The van der Waals surface area contributed by atoms with E-state index in [0.717, 1.165) is 11.3 Å². The number of carbonyl (C=O) groups excluding carboxylic acids is 2. The Hall–Kier alpha value is -2.28. The van der Waals surface area contributed by atoms with E-state index < -0.39 is 0 Å². The molecule has 0 spiro atoms. The van der Waals surface area contributed by atoms with Crippen LogP contribution in [0.5, 0.6) is 0 Å². The fourth-order valence-corrected chi connectivity index (χ4v) is 3.25. The predicted molar refractivity (Wildman–Crippen MR) is 92.4 cm³/mol. The van der Waals surface area contributed by atoms with Crippen LogP contribution < -0.4 is 5.32 Å². The van der Waals surface area contributed by atoms with Crippen LogP contribution in [0.4, 0.5) is 0 Å². The lowest BCUT2D eigenvalue weighted by molar-refractivity contribution is -0.132. The fourth-order valence-electron chi connectivity index (χ4n) is 2.35. The number of hydrogen-bond acceptors (Lipinski definition) is 5. The van der Waals surface area contributed by atoms with E-state index in [1.54, 1.807) is 11.2 Å². The maximum Gasteiger partial charge on any atom is 0.239 e. The van der Waals surface area contributed by atoms with Crippen LogP contribution in [-0.2, 0) is 16.0 Å². The maximum absolute atomic E-state index is 11.8. The molecule has 2 amide bonds. The van der Waals surface area contributed by atoms with Crippen molar-refractivity contribution >= 4 is 23.6 Å². The van der Waals surface area contributed by atoms with Crippen molar-refractivity contribution in [2.45, 2.75) is 13.3 Å². The van der Waals surface area contributed by atoms with Crippen LogP contribution in [0.15, 0.2) is 34.9 Å². The van der Waals surface area contributed by atoms with Gasteiger partial charge in [-0.2, -0.15) is 0 Å². The third-order valence-electron chi connectivity index (χ3n) is 3.71. The Labute approximate surface area is 144 Å². The standard InChI is InChI=1S/C17H19N3O3S/c1-12-2-4-13(5-3-12)17-19-14(9-23-17)6-7-18-15(21)8-20-11-24-10-16(20)22/h2-5,9H,6-8,10-11H2,1H3,(H,18,21). The third-order valence-corrected chi connectivity index (χ3v) is 4.66. The molecule has 24 heavy (non-hydrogen) atoms. The molecule has 1 aliphatic rings.